The summed E-state index contributed by atoms with van der Waals surface area (Å²) in [7, 11) is 0. The van der Waals surface area contributed by atoms with Crippen molar-refractivity contribution in [2.24, 2.45) is 11.8 Å². The van der Waals surface area contributed by atoms with Crippen LogP contribution in [0.5, 0.6) is 0 Å². The zero-order valence-corrected chi connectivity index (χ0v) is 10.8. The first kappa shape index (κ1) is 11.7. The number of terminal acetylenes is 1. The summed E-state index contributed by atoms with van der Waals surface area (Å²) in [5.41, 5.74) is 0.941. The molecule has 0 amide bonds. The van der Waals surface area contributed by atoms with Gasteiger partial charge in [-0.05, 0) is 50.5 Å². The van der Waals surface area contributed by atoms with Gasteiger partial charge in [-0.1, -0.05) is 25.8 Å². The molecule has 0 bridgehead atoms. The van der Waals surface area contributed by atoms with E-state index in [2.05, 4.69) is 32.8 Å². The maximum Gasteiger partial charge on any atom is 0.126 e. The Morgan fingerprint density at radius 3 is 2.69 bits per heavy atom. The van der Waals surface area contributed by atoms with Crippen LogP contribution in [-0.2, 0) is 4.74 Å². The number of hydrogen-bond acceptors (Lipinski definition) is 1. The molecule has 1 spiro atoms. The molecule has 0 N–H and O–H groups in total. The zero-order valence-electron chi connectivity index (χ0n) is 10.8. The van der Waals surface area contributed by atoms with Crippen molar-refractivity contribution in [1.82, 2.24) is 0 Å². The first-order valence-electron chi connectivity index (χ1n) is 6.29. The van der Waals surface area contributed by atoms with Crippen LogP contribution in [0.15, 0.2) is 11.6 Å². The molecule has 0 saturated carbocycles. The summed E-state index contributed by atoms with van der Waals surface area (Å²) in [5, 5.41) is 0. The molecule has 1 heterocycles. The van der Waals surface area contributed by atoms with Crippen LogP contribution < -0.4 is 0 Å². The molecule has 0 aromatic rings. The van der Waals surface area contributed by atoms with Gasteiger partial charge < -0.3 is 4.74 Å². The first-order chi connectivity index (χ1) is 7.43. The minimum atomic E-state index is -0.361. The Bertz CT molecular complexity index is 362. The molecule has 0 unspecified atom stereocenters. The van der Waals surface area contributed by atoms with E-state index < -0.39 is 0 Å². The first-order valence-corrected chi connectivity index (χ1v) is 6.29. The van der Waals surface area contributed by atoms with Crippen LogP contribution in [0.3, 0.4) is 0 Å². The van der Waals surface area contributed by atoms with Gasteiger partial charge in [-0.2, -0.15) is 0 Å². The molecule has 1 saturated heterocycles. The maximum atomic E-state index is 6.32. The van der Waals surface area contributed by atoms with Crippen LogP contribution in [-0.4, -0.2) is 11.2 Å². The highest BCUT2D eigenvalue weighted by atomic mass is 16.5. The van der Waals surface area contributed by atoms with E-state index in [9.17, 15) is 0 Å². The highest BCUT2D eigenvalue weighted by Crippen LogP contribution is 2.51. The van der Waals surface area contributed by atoms with Crippen molar-refractivity contribution in [2.45, 2.75) is 58.2 Å². The summed E-state index contributed by atoms with van der Waals surface area (Å²) in [5.74, 6) is 4.07. The molecule has 1 nitrogen and oxygen atoms in total. The lowest BCUT2D eigenvalue weighted by atomic mass is 9.69. The second-order valence-electron chi connectivity index (χ2n) is 5.76. The Balaban J connectivity index is 2.36. The summed E-state index contributed by atoms with van der Waals surface area (Å²) in [6, 6.07) is 0. The topological polar surface area (TPSA) is 9.23 Å². The molecule has 1 heteroatoms. The summed E-state index contributed by atoms with van der Waals surface area (Å²) >= 11 is 0. The van der Waals surface area contributed by atoms with Gasteiger partial charge in [0.2, 0.25) is 0 Å². The molecular weight excluding hydrogens is 196 g/mol. The molecule has 1 aliphatic heterocycles. The van der Waals surface area contributed by atoms with Gasteiger partial charge in [0, 0.05) is 0 Å². The number of allylic oxidation sites excluding steroid dienone is 1. The maximum absolute atomic E-state index is 6.32. The molecule has 0 aromatic heterocycles. The molecule has 1 fully saturated rings. The molecule has 2 rings (SSSR count). The fraction of sp³-hybridized carbons (Fsp3) is 0.733. The highest BCUT2D eigenvalue weighted by molar-refractivity contribution is 5.26. The fourth-order valence-corrected chi connectivity index (χ4v) is 3.19. The quantitative estimate of drug-likeness (QED) is 0.446. The van der Waals surface area contributed by atoms with Crippen LogP contribution in [0.4, 0.5) is 0 Å². The Labute approximate surface area is 99.3 Å². The van der Waals surface area contributed by atoms with Crippen molar-refractivity contribution < 1.29 is 4.74 Å². The lowest BCUT2D eigenvalue weighted by Gasteiger charge is -2.43. The van der Waals surface area contributed by atoms with E-state index >= 15 is 0 Å². The van der Waals surface area contributed by atoms with E-state index in [0.717, 1.165) is 12.8 Å². The predicted molar refractivity (Wildman–Crippen MR) is 67.0 cm³/mol. The third kappa shape index (κ3) is 1.52. The normalized spacial score (nSPS) is 47.8. The lowest BCUT2D eigenvalue weighted by Crippen LogP contribution is -2.44. The fourth-order valence-electron chi connectivity index (χ4n) is 3.19. The van der Waals surface area contributed by atoms with Gasteiger partial charge >= 0.3 is 0 Å². The Morgan fingerprint density at radius 1 is 1.44 bits per heavy atom. The smallest absolute Gasteiger partial charge is 0.126 e. The van der Waals surface area contributed by atoms with E-state index in [4.69, 9.17) is 11.2 Å². The van der Waals surface area contributed by atoms with Crippen LogP contribution in [0.25, 0.3) is 0 Å². The molecule has 16 heavy (non-hydrogen) atoms. The third-order valence-corrected chi connectivity index (χ3v) is 4.74. The second kappa shape index (κ2) is 3.64. The van der Waals surface area contributed by atoms with Crippen molar-refractivity contribution in [3.8, 4) is 12.3 Å². The highest BCUT2D eigenvalue weighted by Gasteiger charge is 2.52. The number of hydrogen-bond donors (Lipinski definition) is 0. The summed E-state index contributed by atoms with van der Waals surface area (Å²) in [4.78, 5) is 0. The van der Waals surface area contributed by atoms with Crippen molar-refractivity contribution in [3.63, 3.8) is 0 Å². The van der Waals surface area contributed by atoms with Crippen molar-refractivity contribution in [1.29, 1.82) is 0 Å². The van der Waals surface area contributed by atoms with E-state index in [-0.39, 0.29) is 11.2 Å². The van der Waals surface area contributed by atoms with Gasteiger partial charge in [-0.15, -0.1) is 6.42 Å². The minimum absolute atomic E-state index is 0.0845. The van der Waals surface area contributed by atoms with E-state index in [0.29, 0.717) is 11.8 Å². The lowest BCUT2D eigenvalue weighted by molar-refractivity contribution is -0.0886. The Morgan fingerprint density at radius 2 is 2.12 bits per heavy atom. The van der Waals surface area contributed by atoms with Gasteiger partial charge in [0.25, 0.3) is 0 Å². The molecule has 88 valence electrons. The van der Waals surface area contributed by atoms with Gasteiger partial charge in [0.05, 0.1) is 5.60 Å². The molecule has 0 aromatic carbocycles. The van der Waals surface area contributed by atoms with E-state index in [1.807, 2.05) is 6.92 Å². The monoisotopic (exact) mass is 218 g/mol. The average Bonchev–Trinajstić information content (AvgIpc) is 2.63. The van der Waals surface area contributed by atoms with Crippen LogP contribution in [0.1, 0.15) is 47.0 Å². The SMILES string of the molecule is C#C[C@]1(C)CC[C@@]2(O1)C(C)=CC[C@H](C)[C@H]2C. The number of rotatable bonds is 0. The minimum Gasteiger partial charge on any atom is -0.352 e. The molecule has 0 radical (unpaired) electrons. The standard InChI is InChI=1S/C15H22O/c1-6-14(5)9-10-15(16-14)12(3)8-7-11(2)13(15)4/h1,8,11,13H,7,9-10H2,2-5H3/t11-,13+,14+,15+/m0/s1. The Hall–Kier alpha value is -0.740. The van der Waals surface area contributed by atoms with E-state index in [1.54, 1.807) is 0 Å². The van der Waals surface area contributed by atoms with Crippen LogP contribution >= 0.6 is 0 Å². The largest absolute Gasteiger partial charge is 0.352 e. The molecule has 2 aliphatic rings. The summed E-state index contributed by atoms with van der Waals surface area (Å²) < 4.78 is 6.32. The molecule has 4 atom stereocenters. The van der Waals surface area contributed by atoms with Gasteiger partial charge in [-0.3, -0.25) is 0 Å². The summed E-state index contributed by atoms with van der Waals surface area (Å²) in [6.45, 7) is 8.86. The van der Waals surface area contributed by atoms with Crippen LogP contribution in [0, 0.1) is 24.2 Å². The predicted octanol–water partition coefficient (Wildman–Crippen LogP) is 3.55. The van der Waals surface area contributed by atoms with Gasteiger partial charge in [-0.25, -0.2) is 0 Å². The number of ether oxygens (including phenoxy) is 1. The van der Waals surface area contributed by atoms with Gasteiger partial charge in [0.1, 0.15) is 5.60 Å². The average molecular weight is 218 g/mol. The summed E-state index contributed by atoms with van der Waals surface area (Å²) in [6.07, 6.45) is 11.1. The van der Waals surface area contributed by atoms with Crippen molar-refractivity contribution >= 4 is 0 Å². The Kier molecular flexibility index (Phi) is 2.67. The molecular formula is C15H22O. The second-order valence-corrected chi connectivity index (χ2v) is 5.76. The molecule has 1 aliphatic carbocycles. The zero-order chi connectivity index (χ0) is 12.0. The van der Waals surface area contributed by atoms with Crippen molar-refractivity contribution in [2.75, 3.05) is 0 Å². The van der Waals surface area contributed by atoms with E-state index in [1.165, 1.54) is 12.0 Å². The van der Waals surface area contributed by atoms with Crippen molar-refractivity contribution in [3.05, 3.63) is 11.6 Å². The van der Waals surface area contributed by atoms with Crippen LogP contribution in [0.2, 0.25) is 0 Å². The third-order valence-electron chi connectivity index (χ3n) is 4.74. The van der Waals surface area contributed by atoms with Gasteiger partial charge in [0.15, 0.2) is 0 Å².